The number of nitrogens with zero attached hydrogens (tertiary/aromatic N) is 1. The van der Waals surface area contributed by atoms with Gasteiger partial charge in [-0.2, -0.15) is 0 Å². The van der Waals surface area contributed by atoms with E-state index < -0.39 is 10.0 Å². The maximum atomic E-state index is 12.6. The molecule has 0 N–H and O–H groups in total. The molecule has 0 heterocycles. The lowest BCUT2D eigenvalue weighted by Gasteiger charge is -2.20. The average Bonchev–Trinajstić information content (AvgIpc) is 2.47. The molecule has 0 saturated heterocycles. The Hall–Kier alpha value is -1.81. The van der Waals surface area contributed by atoms with E-state index in [4.69, 9.17) is 0 Å². The van der Waals surface area contributed by atoms with E-state index in [1.165, 1.54) is 9.87 Å². The fraction of sp³-hybridized carbons (Fsp3) is 0.250. The molecule has 20 heavy (non-hydrogen) atoms. The molecule has 0 atom stereocenters. The summed E-state index contributed by atoms with van der Waals surface area (Å²) in [4.78, 5) is 0.349. The van der Waals surface area contributed by atoms with Crippen molar-refractivity contribution in [2.24, 2.45) is 0 Å². The minimum atomic E-state index is -3.51. The highest BCUT2D eigenvalue weighted by atomic mass is 32.2. The molecule has 0 fully saturated rings. The summed E-state index contributed by atoms with van der Waals surface area (Å²) in [7, 11) is -1.92. The first-order chi connectivity index (χ1) is 9.46. The summed E-state index contributed by atoms with van der Waals surface area (Å²) in [6.07, 6.45) is 0.939. The largest absolute Gasteiger partial charge is 0.269 e. The summed E-state index contributed by atoms with van der Waals surface area (Å²) < 4.78 is 26.6. The Morgan fingerprint density at radius 2 is 1.60 bits per heavy atom. The highest BCUT2D eigenvalue weighted by molar-refractivity contribution is 7.92. The molecule has 0 aliphatic carbocycles. The second-order valence-corrected chi connectivity index (χ2v) is 6.70. The fourth-order valence-corrected chi connectivity index (χ4v) is 3.49. The Morgan fingerprint density at radius 3 is 2.15 bits per heavy atom. The zero-order valence-electron chi connectivity index (χ0n) is 12.0. The van der Waals surface area contributed by atoms with Crippen molar-refractivity contribution in [2.45, 2.75) is 25.2 Å². The summed E-state index contributed by atoms with van der Waals surface area (Å²) in [5.41, 5.74) is 2.62. The van der Waals surface area contributed by atoms with Crippen LogP contribution in [-0.4, -0.2) is 15.5 Å². The van der Waals surface area contributed by atoms with E-state index in [1.54, 1.807) is 32.2 Å². The van der Waals surface area contributed by atoms with Crippen molar-refractivity contribution in [1.82, 2.24) is 0 Å². The molecule has 2 rings (SSSR count). The monoisotopic (exact) mass is 289 g/mol. The van der Waals surface area contributed by atoms with Crippen LogP contribution in [0.2, 0.25) is 0 Å². The lowest BCUT2D eigenvalue weighted by molar-refractivity contribution is 0.594. The van der Waals surface area contributed by atoms with Crippen molar-refractivity contribution in [2.75, 3.05) is 11.4 Å². The van der Waals surface area contributed by atoms with E-state index >= 15 is 0 Å². The predicted molar refractivity (Wildman–Crippen MR) is 82.6 cm³/mol. The molecule has 3 nitrogen and oxygen atoms in total. The summed E-state index contributed by atoms with van der Waals surface area (Å²) in [5.74, 6) is 0. The van der Waals surface area contributed by atoms with E-state index in [9.17, 15) is 8.42 Å². The Kier molecular flexibility index (Phi) is 4.14. The highest BCUT2D eigenvalue weighted by Gasteiger charge is 2.22. The standard InChI is InChI=1S/C16H19NO2S/c1-4-14-9-11-15(12-10-14)17(3)20(18,19)16-8-6-5-7-13(16)2/h5-12H,4H2,1-3H3. The number of sulfonamides is 1. The number of hydrogen-bond donors (Lipinski definition) is 0. The van der Waals surface area contributed by atoms with Crippen molar-refractivity contribution >= 4 is 15.7 Å². The van der Waals surface area contributed by atoms with Crippen LogP contribution in [0.25, 0.3) is 0 Å². The molecule has 0 aliphatic heterocycles. The molecular formula is C16H19NO2S. The summed E-state index contributed by atoms with van der Waals surface area (Å²) in [5, 5.41) is 0. The lowest BCUT2D eigenvalue weighted by Crippen LogP contribution is -2.27. The quantitative estimate of drug-likeness (QED) is 0.865. The van der Waals surface area contributed by atoms with E-state index in [1.807, 2.05) is 30.3 Å². The van der Waals surface area contributed by atoms with E-state index in [-0.39, 0.29) is 0 Å². The average molecular weight is 289 g/mol. The van der Waals surface area contributed by atoms with Gasteiger partial charge in [-0.3, -0.25) is 4.31 Å². The van der Waals surface area contributed by atoms with Crippen molar-refractivity contribution in [3.05, 3.63) is 59.7 Å². The minimum Gasteiger partial charge on any atom is -0.269 e. The van der Waals surface area contributed by atoms with Gasteiger partial charge < -0.3 is 0 Å². The van der Waals surface area contributed by atoms with E-state index in [0.717, 1.165) is 12.0 Å². The zero-order valence-corrected chi connectivity index (χ0v) is 12.8. The van der Waals surface area contributed by atoms with Gasteiger partial charge >= 0.3 is 0 Å². The van der Waals surface area contributed by atoms with Crippen LogP contribution >= 0.6 is 0 Å². The van der Waals surface area contributed by atoms with Crippen molar-refractivity contribution in [1.29, 1.82) is 0 Å². The first-order valence-corrected chi connectivity index (χ1v) is 8.04. The highest BCUT2D eigenvalue weighted by Crippen LogP contribution is 2.24. The molecule has 0 amide bonds. The molecule has 0 radical (unpaired) electrons. The molecule has 0 unspecified atom stereocenters. The third-order valence-corrected chi connectivity index (χ3v) is 5.39. The van der Waals surface area contributed by atoms with Crippen molar-refractivity contribution < 1.29 is 8.42 Å². The SMILES string of the molecule is CCc1ccc(N(C)S(=O)(=O)c2ccccc2C)cc1. The van der Waals surface area contributed by atoms with Crippen LogP contribution in [0, 0.1) is 6.92 Å². The second kappa shape index (κ2) is 5.67. The molecule has 106 valence electrons. The van der Waals surface area contributed by atoms with Gasteiger partial charge in [-0.1, -0.05) is 37.3 Å². The summed E-state index contributed by atoms with van der Waals surface area (Å²) in [6, 6.07) is 14.6. The minimum absolute atomic E-state index is 0.349. The molecule has 0 spiro atoms. The van der Waals surface area contributed by atoms with Crippen LogP contribution in [0.4, 0.5) is 5.69 Å². The van der Waals surface area contributed by atoms with Crippen LogP contribution in [0.3, 0.4) is 0 Å². The number of benzene rings is 2. The molecule has 2 aromatic rings. The van der Waals surface area contributed by atoms with Crippen molar-refractivity contribution in [3.63, 3.8) is 0 Å². The number of anilines is 1. The lowest BCUT2D eigenvalue weighted by atomic mass is 10.1. The Labute approximate surface area is 120 Å². The van der Waals surface area contributed by atoms with Gasteiger partial charge in [0.05, 0.1) is 10.6 Å². The van der Waals surface area contributed by atoms with E-state index in [2.05, 4.69) is 6.92 Å². The van der Waals surface area contributed by atoms with Gasteiger partial charge in [0.2, 0.25) is 0 Å². The smallest absolute Gasteiger partial charge is 0.264 e. The Bertz CT molecular complexity index is 691. The predicted octanol–water partition coefficient (Wildman–Crippen LogP) is 3.38. The zero-order chi connectivity index (χ0) is 14.8. The number of hydrogen-bond acceptors (Lipinski definition) is 2. The maximum Gasteiger partial charge on any atom is 0.264 e. The molecule has 4 heteroatoms. The molecule has 2 aromatic carbocycles. The van der Waals surface area contributed by atoms with Gasteiger partial charge in [0.25, 0.3) is 10.0 Å². The van der Waals surface area contributed by atoms with Crippen LogP contribution in [0.1, 0.15) is 18.1 Å². The summed E-state index contributed by atoms with van der Waals surface area (Å²) in [6.45, 7) is 3.88. The number of rotatable bonds is 4. The van der Waals surface area contributed by atoms with Crippen LogP contribution in [0.15, 0.2) is 53.4 Å². The van der Waals surface area contributed by atoms with Gasteiger partial charge in [-0.15, -0.1) is 0 Å². The Morgan fingerprint density at radius 1 is 1.00 bits per heavy atom. The molecule has 0 bridgehead atoms. The maximum absolute atomic E-state index is 12.6. The number of aryl methyl sites for hydroxylation is 2. The fourth-order valence-electron chi connectivity index (χ4n) is 2.07. The molecular weight excluding hydrogens is 270 g/mol. The van der Waals surface area contributed by atoms with Crippen LogP contribution < -0.4 is 4.31 Å². The third kappa shape index (κ3) is 2.70. The Balaban J connectivity index is 2.41. The summed E-state index contributed by atoms with van der Waals surface area (Å²) >= 11 is 0. The van der Waals surface area contributed by atoms with Gasteiger partial charge in [0, 0.05) is 7.05 Å². The molecule has 0 aromatic heterocycles. The first kappa shape index (κ1) is 14.6. The van der Waals surface area contributed by atoms with E-state index in [0.29, 0.717) is 10.6 Å². The normalized spacial score (nSPS) is 11.3. The van der Waals surface area contributed by atoms with Gasteiger partial charge in [0.1, 0.15) is 0 Å². The third-order valence-electron chi connectivity index (χ3n) is 3.44. The van der Waals surface area contributed by atoms with Crippen LogP contribution in [0.5, 0.6) is 0 Å². The van der Waals surface area contributed by atoms with Crippen molar-refractivity contribution in [3.8, 4) is 0 Å². The topological polar surface area (TPSA) is 37.4 Å². The van der Waals surface area contributed by atoms with Gasteiger partial charge in [-0.05, 0) is 42.7 Å². The van der Waals surface area contributed by atoms with Gasteiger partial charge in [-0.25, -0.2) is 8.42 Å². The second-order valence-electron chi connectivity index (χ2n) is 4.76. The van der Waals surface area contributed by atoms with Gasteiger partial charge in [0.15, 0.2) is 0 Å². The molecule has 0 aliphatic rings. The van der Waals surface area contributed by atoms with Crippen LogP contribution in [-0.2, 0) is 16.4 Å². The molecule has 0 saturated carbocycles. The first-order valence-electron chi connectivity index (χ1n) is 6.60.